The second-order valence-corrected chi connectivity index (χ2v) is 4.84. The molecule has 0 amide bonds. The van der Waals surface area contributed by atoms with Gasteiger partial charge in [0.05, 0.1) is 12.6 Å². The van der Waals surface area contributed by atoms with Gasteiger partial charge >= 0.3 is 0 Å². The van der Waals surface area contributed by atoms with Crippen molar-refractivity contribution < 1.29 is 4.74 Å². The van der Waals surface area contributed by atoms with Crippen LogP contribution in [0.4, 0.5) is 0 Å². The third kappa shape index (κ3) is 1.99. The maximum absolute atomic E-state index is 6.10. The molecule has 2 N–H and O–H groups in total. The molecule has 2 nitrogen and oxygen atoms in total. The summed E-state index contributed by atoms with van der Waals surface area (Å²) < 4.78 is 5.55. The molecule has 2 rings (SSSR count). The van der Waals surface area contributed by atoms with Crippen LogP contribution in [0.2, 0.25) is 0 Å². The Bertz CT molecular complexity index is 343. The number of aryl methyl sites for hydroxylation is 1. The van der Waals surface area contributed by atoms with Gasteiger partial charge < -0.3 is 10.5 Å². The van der Waals surface area contributed by atoms with Gasteiger partial charge in [-0.25, -0.2) is 0 Å². The molecule has 1 aromatic rings. The van der Waals surface area contributed by atoms with Crippen molar-refractivity contribution in [2.24, 2.45) is 5.73 Å². The Morgan fingerprint density at radius 1 is 1.50 bits per heavy atom. The molecule has 1 aliphatic rings. The minimum atomic E-state index is -0.0611. The predicted molar refractivity (Wildman–Crippen MR) is 59.3 cm³/mol. The molecule has 0 bridgehead atoms. The summed E-state index contributed by atoms with van der Waals surface area (Å²) in [6, 6.07) is 4.13. The molecule has 1 atom stereocenters. The quantitative estimate of drug-likeness (QED) is 0.813. The van der Waals surface area contributed by atoms with Crippen molar-refractivity contribution in [3.05, 3.63) is 33.7 Å². The van der Waals surface area contributed by atoms with E-state index in [9.17, 15) is 0 Å². The molecular weight excluding hydrogens is 194 g/mol. The van der Waals surface area contributed by atoms with Gasteiger partial charge in [0.1, 0.15) is 5.76 Å². The molecule has 76 valence electrons. The first-order chi connectivity index (χ1) is 6.77. The lowest BCUT2D eigenvalue weighted by Gasteiger charge is -2.19. The Morgan fingerprint density at radius 3 is 2.93 bits per heavy atom. The second-order valence-electron chi connectivity index (χ2n) is 3.52. The van der Waals surface area contributed by atoms with Crippen LogP contribution in [0.1, 0.15) is 28.6 Å². The Labute approximate surface area is 88.4 Å². The summed E-state index contributed by atoms with van der Waals surface area (Å²) in [5.74, 6) is 0.943. The minimum absolute atomic E-state index is 0.0611. The van der Waals surface area contributed by atoms with Crippen LogP contribution in [-0.2, 0) is 4.74 Å². The normalized spacial score (nSPS) is 18.6. The van der Waals surface area contributed by atoms with Crippen LogP contribution >= 0.6 is 11.3 Å². The molecule has 0 saturated heterocycles. The first-order valence-electron chi connectivity index (χ1n) is 4.92. The molecule has 0 saturated carbocycles. The average Bonchev–Trinajstić information content (AvgIpc) is 2.65. The number of hydrogen-bond acceptors (Lipinski definition) is 3. The largest absolute Gasteiger partial charge is 0.496 e. The van der Waals surface area contributed by atoms with Crippen LogP contribution < -0.4 is 5.73 Å². The van der Waals surface area contributed by atoms with Crippen LogP contribution in [0.3, 0.4) is 0 Å². The lowest BCUT2D eigenvalue weighted by molar-refractivity contribution is 0.176. The van der Waals surface area contributed by atoms with Crippen molar-refractivity contribution >= 4 is 11.3 Å². The summed E-state index contributed by atoms with van der Waals surface area (Å²) in [7, 11) is 0. The molecule has 1 unspecified atom stereocenters. The van der Waals surface area contributed by atoms with E-state index in [0.29, 0.717) is 0 Å². The highest BCUT2D eigenvalue weighted by atomic mass is 32.1. The molecule has 0 aliphatic carbocycles. The number of hydrogen-bond donors (Lipinski definition) is 1. The Hall–Kier alpha value is -0.800. The fourth-order valence-corrected chi connectivity index (χ4v) is 2.44. The van der Waals surface area contributed by atoms with Gasteiger partial charge in [-0.3, -0.25) is 0 Å². The van der Waals surface area contributed by atoms with Crippen LogP contribution in [0.5, 0.6) is 0 Å². The van der Waals surface area contributed by atoms with E-state index in [1.165, 1.54) is 9.75 Å². The fourth-order valence-electron chi connectivity index (χ4n) is 1.55. The minimum Gasteiger partial charge on any atom is -0.496 e. The van der Waals surface area contributed by atoms with Crippen molar-refractivity contribution in [3.63, 3.8) is 0 Å². The predicted octanol–water partition coefficient (Wildman–Crippen LogP) is 2.75. The summed E-state index contributed by atoms with van der Waals surface area (Å²) >= 11 is 1.74. The summed E-state index contributed by atoms with van der Waals surface area (Å²) in [6.45, 7) is 2.90. The fraction of sp³-hybridized carbons (Fsp3) is 0.455. The third-order valence-corrected chi connectivity index (χ3v) is 3.42. The van der Waals surface area contributed by atoms with E-state index >= 15 is 0 Å². The molecule has 3 heteroatoms. The number of ether oxygens (including phenoxy) is 1. The van der Waals surface area contributed by atoms with Gasteiger partial charge in [-0.05, 0) is 38.0 Å². The second kappa shape index (κ2) is 4.15. The first kappa shape index (κ1) is 9.74. The molecule has 2 heterocycles. The first-order valence-corrected chi connectivity index (χ1v) is 5.74. The summed E-state index contributed by atoms with van der Waals surface area (Å²) in [5, 5.41) is 0. The van der Waals surface area contributed by atoms with Crippen molar-refractivity contribution in [2.45, 2.75) is 25.8 Å². The van der Waals surface area contributed by atoms with Gasteiger partial charge in [0, 0.05) is 9.75 Å². The summed E-state index contributed by atoms with van der Waals surface area (Å²) in [6.07, 6.45) is 4.32. The average molecular weight is 209 g/mol. The number of rotatable bonds is 2. The van der Waals surface area contributed by atoms with E-state index < -0.39 is 0 Å². The highest BCUT2D eigenvalue weighted by Gasteiger charge is 2.16. The van der Waals surface area contributed by atoms with Crippen molar-refractivity contribution in [1.29, 1.82) is 0 Å². The summed E-state index contributed by atoms with van der Waals surface area (Å²) in [5.41, 5.74) is 6.10. The lowest BCUT2D eigenvalue weighted by Crippen LogP contribution is -2.16. The van der Waals surface area contributed by atoms with Gasteiger partial charge in [-0.1, -0.05) is 0 Å². The molecule has 1 aliphatic heterocycles. The Kier molecular flexibility index (Phi) is 2.89. The molecule has 0 radical (unpaired) electrons. The van der Waals surface area contributed by atoms with Crippen molar-refractivity contribution in [2.75, 3.05) is 6.61 Å². The van der Waals surface area contributed by atoms with Gasteiger partial charge in [0.2, 0.25) is 0 Å². The standard InChI is InChI=1S/C11H15NOS/c1-8-5-6-10(14-8)11(12)9-4-2-3-7-13-9/h4-6,11H,2-3,7,12H2,1H3. The van der Waals surface area contributed by atoms with E-state index in [2.05, 4.69) is 25.1 Å². The van der Waals surface area contributed by atoms with E-state index in [4.69, 9.17) is 10.5 Å². The number of thiophene rings is 1. The third-order valence-electron chi connectivity index (χ3n) is 2.34. The molecule has 0 aromatic carbocycles. The molecular formula is C11H15NOS. The smallest absolute Gasteiger partial charge is 0.114 e. The van der Waals surface area contributed by atoms with Crippen molar-refractivity contribution in [1.82, 2.24) is 0 Å². The SMILES string of the molecule is Cc1ccc(C(N)C2=CCCCO2)s1. The van der Waals surface area contributed by atoms with E-state index in [1.807, 2.05) is 0 Å². The van der Waals surface area contributed by atoms with E-state index in [0.717, 1.165) is 25.2 Å². The Balaban J connectivity index is 2.14. The molecule has 0 spiro atoms. The molecule has 14 heavy (non-hydrogen) atoms. The zero-order valence-electron chi connectivity index (χ0n) is 8.32. The van der Waals surface area contributed by atoms with E-state index in [-0.39, 0.29) is 6.04 Å². The zero-order valence-corrected chi connectivity index (χ0v) is 9.14. The van der Waals surface area contributed by atoms with Gasteiger partial charge in [-0.2, -0.15) is 0 Å². The van der Waals surface area contributed by atoms with Crippen LogP contribution in [0.25, 0.3) is 0 Å². The molecule has 0 fully saturated rings. The number of allylic oxidation sites excluding steroid dienone is 1. The van der Waals surface area contributed by atoms with Crippen LogP contribution in [0, 0.1) is 6.92 Å². The Morgan fingerprint density at radius 2 is 2.36 bits per heavy atom. The van der Waals surface area contributed by atoms with Gasteiger partial charge in [0.25, 0.3) is 0 Å². The van der Waals surface area contributed by atoms with Crippen molar-refractivity contribution in [3.8, 4) is 0 Å². The van der Waals surface area contributed by atoms with Gasteiger partial charge in [-0.15, -0.1) is 11.3 Å². The van der Waals surface area contributed by atoms with Crippen LogP contribution in [-0.4, -0.2) is 6.61 Å². The lowest BCUT2D eigenvalue weighted by atomic mass is 10.1. The summed E-state index contributed by atoms with van der Waals surface area (Å²) in [4.78, 5) is 2.49. The van der Waals surface area contributed by atoms with Gasteiger partial charge in [0.15, 0.2) is 0 Å². The molecule has 1 aromatic heterocycles. The monoisotopic (exact) mass is 209 g/mol. The highest BCUT2D eigenvalue weighted by Crippen LogP contribution is 2.28. The number of nitrogens with two attached hydrogens (primary N) is 1. The zero-order chi connectivity index (χ0) is 9.97. The highest BCUT2D eigenvalue weighted by molar-refractivity contribution is 7.12. The maximum Gasteiger partial charge on any atom is 0.114 e. The topological polar surface area (TPSA) is 35.2 Å². The maximum atomic E-state index is 6.10. The van der Waals surface area contributed by atoms with E-state index in [1.54, 1.807) is 11.3 Å². The van der Waals surface area contributed by atoms with Crippen LogP contribution in [0.15, 0.2) is 24.0 Å².